The monoisotopic (exact) mass is 374 g/mol. The molecule has 3 rings (SSSR count). The summed E-state index contributed by atoms with van der Waals surface area (Å²) in [6.45, 7) is 0. The summed E-state index contributed by atoms with van der Waals surface area (Å²) in [6, 6.07) is 11.8. The minimum absolute atomic E-state index is 0.0148. The third kappa shape index (κ3) is 3.78. The second-order valence-corrected chi connectivity index (χ2v) is 7.11. The molecule has 0 bridgehead atoms. The van der Waals surface area contributed by atoms with E-state index in [9.17, 15) is 4.79 Å². The molecule has 0 spiro atoms. The number of hydrogen-bond acceptors (Lipinski definition) is 3. The Hall–Kier alpha value is -1.59. The molecule has 0 aliphatic carbocycles. The maximum absolute atomic E-state index is 12.2. The molecule has 1 unspecified atom stereocenters. The van der Waals surface area contributed by atoms with E-state index in [2.05, 4.69) is 32.3 Å². The zero-order chi connectivity index (χ0) is 15.4. The lowest BCUT2D eigenvalue weighted by Crippen LogP contribution is -2.22. The van der Waals surface area contributed by atoms with Crippen LogP contribution < -0.4 is 5.32 Å². The van der Waals surface area contributed by atoms with Gasteiger partial charge in [-0.05, 0) is 35.7 Å². The molecule has 1 aromatic heterocycles. The van der Waals surface area contributed by atoms with Crippen LogP contribution in [0.2, 0.25) is 0 Å². The highest BCUT2D eigenvalue weighted by Gasteiger charge is 2.21. The first-order valence-corrected chi connectivity index (χ1v) is 8.69. The van der Waals surface area contributed by atoms with Crippen molar-refractivity contribution in [2.24, 2.45) is 0 Å². The SMILES string of the molecule is O=C(Cc1ccccc1Br)NC1=CCC(c2ccncc2)S1. The first-order chi connectivity index (χ1) is 10.7. The van der Waals surface area contributed by atoms with Crippen LogP contribution in [-0.4, -0.2) is 10.9 Å². The van der Waals surface area contributed by atoms with Crippen molar-refractivity contribution >= 4 is 33.6 Å². The van der Waals surface area contributed by atoms with Crippen molar-refractivity contribution in [1.82, 2.24) is 10.3 Å². The highest BCUT2D eigenvalue weighted by molar-refractivity contribution is 9.10. The Labute approximate surface area is 142 Å². The number of nitrogens with zero attached hydrogens (tertiary/aromatic N) is 1. The summed E-state index contributed by atoms with van der Waals surface area (Å²) in [7, 11) is 0. The molecule has 1 aromatic carbocycles. The standard InChI is InChI=1S/C17H15BrN2OS/c18-14-4-2-1-3-13(14)11-16(21)20-17-6-5-15(22-17)12-7-9-19-10-8-12/h1-4,6-10,15H,5,11H2,(H,20,21). The highest BCUT2D eigenvalue weighted by atomic mass is 79.9. The third-order valence-corrected chi connectivity index (χ3v) is 5.48. The molecule has 0 saturated heterocycles. The Morgan fingerprint density at radius 2 is 2.05 bits per heavy atom. The highest BCUT2D eigenvalue weighted by Crippen LogP contribution is 2.42. The summed E-state index contributed by atoms with van der Waals surface area (Å²) in [6.07, 6.45) is 7.01. The van der Waals surface area contributed by atoms with E-state index in [4.69, 9.17) is 0 Å². The molecule has 2 aromatic rings. The maximum atomic E-state index is 12.2. The van der Waals surface area contributed by atoms with Crippen LogP contribution in [0.25, 0.3) is 0 Å². The molecule has 2 heterocycles. The number of carbonyl (C=O) groups excluding carboxylic acids is 1. The zero-order valence-electron chi connectivity index (χ0n) is 11.8. The second kappa shape index (κ2) is 7.11. The van der Waals surface area contributed by atoms with Crippen molar-refractivity contribution in [1.29, 1.82) is 0 Å². The van der Waals surface area contributed by atoms with E-state index in [0.29, 0.717) is 11.7 Å². The lowest BCUT2D eigenvalue weighted by Gasteiger charge is -2.11. The first kappa shape index (κ1) is 15.3. The van der Waals surface area contributed by atoms with Gasteiger partial charge in [0.25, 0.3) is 0 Å². The number of benzene rings is 1. The van der Waals surface area contributed by atoms with E-state index in [1.807, 2.05) is 36.4 Å². The smallest absolute Gasteiger partial charge is 0.229 e. The quantitative estimate of drug-likeness (QED) is 0.870. The number of pyridine rings is 1. The van der Waals surface area contributed by atoms with Crippen LogP contribution in [-0.2, 0) is 11.2 Å². The van der Waals surface area contributed by atoms with Gasteiger partial charge in [0, 0.05) is 22.1 Å². The second-order valence-electron chi connectivity index (χ2n) is 5.01. The molecule has 1 aliphatic heterocycles. The Bertz CT molecular complexity index is 703. The van der Waals surface area contributed by atoms with Crippen LogP contribution in [0.15, 0.2) is 64.4 Å². The molecule has 112 valence electrons. The number of thioether (sulfide) groups is 1. The van der Waals surface area contributed by atoms with Crippen molar-refractivity contribution in [3.8, 4) is 0 Å². The number of halogens is 1. The molecule has 22 heavy (non-hydrogen) atoms. The van der Waals surface area contributed by atoms with Gasteiger partial charge in [0.15, 0.2) is 0 Å². The van der Waals surface area contributed by atoms with Crippen molar-refractivity contribution in [2.75, 3.05) is 0 Å². The number of nitrogens with one attached hydrogen (secondary N) is 1. The van der Waals surface area contributed by atoms with Gasteiger partial charge in [-0.1, -0.05) is 40.2 Å². The molecule has 3 nitrogen and oxygen atoms in total. The molecule has 0 radical (unpaired) electrons. The molecular formula is C17H15BrN2OS. The predicted octanol–water partition coefficient (Wildman–Crippen LogP) is 4.22. The van der Waals surface area contributed by atoms with Gasteiger partial charge in [0.2, 0.25) is 5.91 Å². The van der Waals surface area contributed by atoms with Gasteiger partial charge in [-0.25, -0.2) is 0 Å². The zero-order valence-corrected chi connectivity index (χ0v) is 14.2. The number of allylic oxidation sites excluding steroid dienone is 1. The molecule has 1 amide bonds. The molecule has 1 aliphatic rings. The molecule has 5 heteroatoms. The van der Waals surface area contributed by atoms with Gasteiger partial charge < -0.3 is 5.32 Å². The fourth-order valence-corrected chi connectivity index (χ4v) is 3.90. The van der Waals surface area contributed by atoms with Gasteiger partial charge in [-0.15, -0.1) is 11.8 Å². The van der Waals surface area contributed by atoms with Crippen LogP contribution >= 0.6 is 27.7 Å². The summed E-state index contributed by atoms with van der Waals surface area (Å²) < 4.78 is 0.966. The summed E-state index contributed by atoms with van der Waals surface area (Å²) in [5.41, 5.74) is 2.24. The minimum Gasteiger partial charge on any atom is -0.321 e. The van der Waals surface area contributed by atoms with Crippen molar-refractivity contribution in [3.05, 3.63) is 75.5 Å². The molecule has 1 N–H and O–H groups in total. The lowest BCUT2D eigenvalue weighted by atomic mass is 10.1. The van der Waals surface area contributed by atoms with Gasteiger partial charge in [0.05, 0.1) is 11.4 Å². The van der Waals surface area contributed by atoms with E-state index in [0.717, 1.165) is 21.5 Å². The fourth-order valence-electron chi connectivity index (χ4n) is 2.32. The van der Waals surface area contributed by atoms with Gasteiger partial charge in [0.1, 0.15) is 0 Å². The summed E-state index contributed by atoms with van der Waals surface area (Å²) in [5.74, 6) is 0.0148. The average Bonchev–Trinajstić information content (AvgIpc) is 2.99. The molecular weight excluding hydrogens is 360 g/mol. The van der Waals surface area contributed by atoms with E-state index in [1.54, 1.807) is 24.2 Å². The number of rotatable bonds is 4. The van der Waals surface area contributed by atoms with E-state index in [-0.39, 0.29) is 5.91 Å². The number of aromatic nitrogens is 1. The number of hydrogen-bond donors (Lipinski definition) is 1. The summed E-state index contributed by atoms with van der Waals surface area (Å²) in [5, 5.41) is 4.31. The normalized spacial score (nSPS) is 17.1. The fraction of sp³-hybridized carbons (Fsp3) is 0.176. The third-order valence-electron chi connectivity index (χ3n) is 3.44. The van der Waals surface area contributed by atoms with Crippen molar-refractivity contribution in [2.45, 2.75) is 18.1 Å². The lowest BCUT2D eigenvalue weighted by molar-refractivity contribution is -0.119. The van der Waals surface area contributed by atoms with Gasteiger partial charge >= 0.3 is 0 Å². The predicted molar refractivity (Wildman–Crippen MR) is 93.3 cm³/mol. The topological polar surface area (TPSA) is 42.0 Å². The molecule has 0 fully saturated rings. The Morgan fingerprint density at radius 1 is 1.27 bits per heavy atom. The van der Waals surface area contributed by atoms with Crippen LogP contribution in [0, 0.1) is 0 Å². The van der Waals surface area contributed by atoms with Crippen LogP contribution in [0.3, 0.4) is 0 Å². The van der Waals surface area contributed by atoms with E-state index >= 15 is 0 Å². The van der Waals surface area contributed by atoms with Gasteiger partial charge in [-0.3, -0.25) is 9.78 Å². The maximum Gasteiger partial charge on any atom is 0.229 e. The van der Waals surface area contributed by atoms with Crippen molar-refractivity contribution < 1.29 is 4.79 Å². The average molecular weight is 375 g/mol. The largest absolute Gasteiger partial charge is 0.321 e. The Morgan fingerprint density at radius 3 is 2.82 bits per heavy atom. The van der Waals surface area contributed by atoms with E-state index < -0.39 is 0 Å². The molecule has 1 atom stereocenters. The van der Waals surface area contributed by atoms with Crippen molar-refractivity contribution in [3.63, 3.8) is 0 Å². The van der Waals surface area contributed by atoms with Crippen LogP contribution in [0.1, 0.15) is 22.8 Å². The van der Waals surface area contributed by atoms with Crippen LogP contribution in [0.4, 0.5) is 0 Å². The summed E-state index contributed by atoms with van der Waals surface area (Å²) in [4.78, 5) is 16.2. The summed E-state index contributed by atoms with van der Waals surface area (Å²) >= 11 is 5.17. The number of amides is 1. The van der Waals surface area contributed by atoms with E-state index in [1.165, 1.54) is 5.56 Å². The van der Waals surface area contributed by atoms with Crippen LogP contribution in [0.5, 0.6) is 0 Å². The molecule has 0 saturated carbocycles. The first-order valence-electron chi connectivity index (χ1n) is 7.02. The minimum atomic E-state index is 0.0148. The Kier molecular flexibility index (Phi) is 4.95. The number of carbonyl (C=O) groups is 1. The van der Waals surface area contributed by atoms with Gasteiger partial charge in [-0.2, -0.15) is 0 Å². The Balaban J connectivity index is 1.56.